The van der Waals surface area contributed by atoms with E-state index in [-0.39, 0.29) is 6.10 Å². The van der Waals surface area contributed by atoms with E-state index in [2.05, 4.69) is 15.3 Å². The van der Waals surface area contributed by atoms with Crippen LogP contribution in [0.3, 0.4) is 0 Å². The number of nitrogens with one attached hydrogen (secondary N) is 1. The maximum absolute atomic E-state index is 5.54. The minimum Gasteiger partial charge on any atom is -0.475 e. The third kappa shape index (κ3) is 4.99. The Labute approximate surface area is 103 Å². The van der Waals surface area contributed by atoms with Crippen molar-refractivity contribution in [2.45, 2.75) is 26.4 Å². The molecule has 0 aliphatic carbocycles. The van der Waals surface area contributed by atoms with E-state index in [9.17, 15) is 0 Å². The second kappa shape index (κ2) is 7.06. The highest BCUT2D eigenvalue weighted by atomic mass is 16.5. The molecule has 5 heteroatoms. The van der Waals surface area contributed by atoms with Crippen LogP contribution >= 0.6 is 0 Å². The van der Waals surface area contributed by atoms with Crippen molar-refractivity contribution in [1.82, 2.24) is 15.3 Å². The molecular weight excluding hydrogens is 216 g/mol. The first-order valence-corrected chi connectivity index (χ1v) is 5.99. The predicted molar refractivity (Wildman–Crippen MR) is 69.6 cm³/mol. The van der Waals surface area contributed by atoms with E-state index in [0.717, 1.165) is 19.5 Å². The maximum Gasteiger partial charge on any atom is 0.228 e. The third-order valence-electron chi connectivity index (χ3n) is 2.24. The monoisotopic (exact) mass is 238 g/mol. The lowest BCUT2D eigenvalue weighted by Gasteiger charge is -2.17. The fourth-order valence-electron chi connectivity index (χ4n) is 1.42. The zero-order valence-electron chi connectivity index (χ0n) is 11.1. The molecule has 0 aliphatic rings. The minimum atomic E-state index is 0.132. The normalized spacial score (nSPS) is 10.6. The van der Waals surface area contributed by atoms with E-state index in [1.54, 1.807) is 12.3 Å². The van der Waals surface area contributed by atoms with E-state index in [1.807, 2.05) is 32.8 Å². The van der Waals surface area contributed by atoms with Crippen LogP contribution in [-0.2, 0) is 0 Å². The van der Waals surface area contributed by atoms with Crippen molar-refractivity contribution >= 4 is 5.95 Å². The number of hydrogen-bond donors (Lipinski definition) is 1. The molecule has 96 valence electrons. The zero-order valence-corrected chi connectivity index (χ0v) is 11.1. The maximum atomic E-state index is 5.54. The summed E-state index contributed by atoms with van der Waals surface area (Å²) in [4.78, 5) is 10.6. The van der Waals surface area contributed by atoms with Crippen LogP contribution in [0.15, 0.2) is 12.3 Å². The molecule has 0 radical (unpaired) electrons. The summed E-state index contributed by atoms with van der Waals surface area (Å²) in [5.41, 5.74) is 0. The second-order valence-electron chi connectivity index (χ2n) is 4.24. The molecule has 0 aliphatic heterocycles. The molecule has 1 rings (SSSR count). The second-order valence-corrected chi connectivity index (χ2v) is 4.24. The van der Waals surface area contributed by atoms with Crippen LogP contribution in [0.2, 0.25) is 0 Å². The van der Waals surface area contributed by atoms with E-state index < -0.39 is 0 Å². The minimum absolute atomic E-state index is 0.132. The predicted octanol–water partition coefficient (Wildman–Crippen LogP) is 1.31. The molecule has 5 nitrogen and oxygen atoms in total. The average Bonchev–Trinajstić information content (AvgIpc) is 2.28. The van der Waals surface area contributed by atoms with Gasteiger partial charge in [0.1, 0.15) is 0 Å². The van der Waals surface area contributed by atoms with E-state index in [0.29, 0.717) is 11.8 Å². The van der Waals surface area contributed by atoms with Gasteiger partial charge in [-0.2, -0.15) is 4.98 Å². The van der Waals surface area contributed by atoms with Crippen molar-refractivity contribution in [3.05, 3.63) is 12.3 Å². The largest absolute Gasteiger partial charge is 0.475 e. The first kappa shape index (κ1) is 13.7. The standard InChI is InChI=1S/C12H22N4O/c1-10(2)17-11-6-8-14-12(15-11)16(4)9-5-7-13-3/h6,8,10,13H,5,7,9H2,1-4H3. The van der Waals surface area contributed by atoms with Gasteiger partial charge in [-0.3, -0.25) is 0 Å². The summed E-state index contributed by atoms with van der Waals surface area (Å²) in [6, 6.07) is 1.78. The van der Waals surface area contributed by atoms with Gasteiger partial charge >= 0.3 is 0 Å². The molecule has 1 heterocycles. The summed E-state index contributed by atoms with van der Waals surface area (Å²) in [5.74, 6) is 1.34. The van der Waals surface area contributed by atoms with Gasteiger partial charge < -0.3 is 15.0 Å². The molecule has 0 spiro atoms. The zero-order chi connectivity index (χ0) is 12.7. The Morgan fingerprint density at radius 1 is 1.47 bits per heavy atom. The quantitative estimate of drug-likeness (QED) is 0.726. The molecule has 1 aromatic rings. The first-order valence-electron chi connectivity index (χ1n) is 5.99. The Morgan fingerprint density at radius 3 is 2.88 bits per heavy atom. The van der Waals surface area contributed by atoms with Crippen LogP contribution < -0.4 is 15.0 Å². The van der Waals surface area contributed by atoms with Gasteiger partial charge in [0, 0.05) is 25.9 Å². The highest BCUT2D eigenvalue weighted by Crippen LogP contribution is 2.12. The third-order valence-corrected chi connectivity index (χ3v) is 2.24. The van der Waals surface area contributed by atoms with E-state index >= 15 is 0 Å². The van der Waals surface area contributed by atoms with E-state index in [4.69, 9.17) is 4.74 Å². The lowest BCUT2D eigenvalue weighted by molar-refractivity contribution is 0.232. The van der Waals surface area contributed by atoms with Crippen molar-refractivity contribution in [3.63, 3.8) is 0 Å². The number of ether oxygens (including phenoxy) is 1. The van der Waals surface area contributed by atoms with Gasteiger partial charge in [0.15, 0.2) is 0 Å². The van der Waals surface area contributed by atoms with Gasteiger partial charge in [-0.1, -0.05) is 0 Å². The van der Waals surface area contributed by atoms with Crippen molar-refractivity contribution in [2.75, 3.05) is 32.1 Å². The molecule has 0 fully saturated rings. The van der Waals surface area contributed by atoms with Crippen LogP contribution in [0.5, 0.6) is 5.88 Å². The lowest BCUT2D eigenvalue weighted by Crippen LogP contribution is -2.24. The van der Waals surface area contributed by atoms with Crippen molar-refractivity contribution in [1.29, 1.82) is 0 Å². The summed E-state index contributed by atoms with van der Waals surface area (Å²) in [7, 11) is 3.94. The van der Waals surface area contributed by atoms with Gasteiger partial charge in [-0.15, -0.1) is 0 Å². The summed E-state index contributed by atoms with van der Waals surface area (Å²) in [6.07, 6.45) is 2.92. The molecule has 1 aromatic heterocycles. The molecule has 17 heavy (non-hydrogen) atoms. The molecule has 0 saturated carbocycles. The topological polar surface area (TPSA) is 50.3 Å². The highest BCUT2D eigenvalue weighted by Gasteiger charge is 2.06. The van der Waals surface area contributed by atoms with Gasteiger partial charge in [0.2, 0.25) is 11.8 Å². The number of nitrogens with zero attached hydrogens (tertiary/aromatic N) is 3. The molecule has 0 amide bonds. The van der Waals surface area contributed by atoms with E-state index in [1.165, 1.54) is 0 Å². The molecule has 0 saturated heterocycles. The van der Waals surface area contributed by atoms with Crippen molar-refractivity contribution in [3.8, 4) is 5.88 Å². The molecule has 0 unspecified atom stereocenters. The number of rotatable bonds is 7. The smallest absolute Gasteiger partial charge is 0.228 e. The molecule has 0 atom stereocenters. The Bertz CT molecular complexity index is 330. The van der Waals surface area contributed by atoms with Crippen LogP contribution in [0.1, 0.15) is 20.3 Å². The molecule has 0 bridgehead atoms. The summed E-state index contributed by atoms with van der Waals surface area (Å²) in [5, 5.41) is 3.12. The Hall–Kier alpha value is -1.36. The number of hydrogen-bond acceptors (Lipinski definition) is 5. The highest BCUT2D eigenvalue weighted by molar-refractivity contribution is 5.30. The van der Waals surface area contributed by atoms with Gasteiger partial charge in [0.05, 0.1) is 6.10 Å². The fourth-order valence-corrected chi connectivity index (χ4v) is 1.42. The Morgan fingerprint density at radius 2 is 2.24 bits per heavy atom. The molecule has 1 N–H and O–H groups in total. The van der Waals surface area contributed by atoms with Crippen LogP contribution in [0.25, 0.3) is 0 Å². The molecule has 0 aromatic carbocycles. The summed E-state index contributed by atoms with van der Waals surface area (Å²) in [6.45, 7) is 5.88. The van der Waals surface area contributed by atoms with Gasteiger partial charge in [0.25, 0.3) is 0 Å². The van der Waals surface area contributed by atoms with Crippen LogP contribution in [-0.4, -0.2) is 43.3 Å². The van der Waals surface area contributed by atoms with Crippen LogP contribution in [0, 0.1) is 0 Å². The molecular formula is C12H22N4O. The fraction of sp³-hybridized carbons (Fsp3) is 0.667. The van der Waals surface area contributed by atoms with Crippen molar-refractivity contribution in [2.24, 2.45) is 0 Å². The van der Waals surface area contributed by atoms with Crippen molar-refractivity contribution < 1.29 is 4.74 Å². The first-order chi connectivity index (χ1) is 8.13. The number of aromatic nitrogens is 2. The Kier molecular flexibility index (Phi) is 5.69. The van der Waals surface area contributed by atoms with Gasteiger partial charge in [-0.25, -0.2) is 4.98 Å². The van der Waals surface area contributed by atoms with Crippen LogP contribution in [0.4, 0.5) is 5.95 Å². The SMILES string of the molecule is CNCCCN(C)c1nccc(OC(C)C)n1. The Balaban J connectivity index is 2.57. The summed E-state index contributed by atoms with van der Waals surface area (Å²) >= 11 is 0. The van der Waals surface area contributed by atoms with Gasteiger partial charge in [-0.05, 0) is 33.9 Å². The number of anilines is 1. The average molecular weight is 238 g/mol. The lowest BCUT2D eigenvalue weighted by atomic mass is 10.4. The summed E-state index contributed by atoms with van der Waals surface area (Å²) < 4.78 is 5.54.